The van der Waals surface area contributed by atoms with Crippen LogP contribution in [-0.2, 0) is 4.79 Å². The Morgan fingerprint density at radius 3 is 2.56 bits per heavy atom. The molecule has 2 aromatic rings. The molecule has 0 unspecified atom stereocenters. The van der Waals surface area contributed by atoms with Crippen molar-refractivity contribution in [2.45, 2.75) is 31.8 Å². The number of urea groups is 1. The number of aliphatic carboxylic acids is 1. The van der Waals surface area contributed by atoms with Crippen LogP contribution in [0.15, 0.2) is 42.5 Å². The van der Waals surface area contributed by atoms with Crippen LogP contribution in [0.1, 0.15) is 19.8 Å². The first kappa shape index (κ1) is 17.2. The number of hydrogen-bond donors (Lipinski definition) is 3. The summed E-state index contributed by atoms with van der Waals surface area (Å²) in [6.07, 6.45) is 1.57. The molecule has 2 aromatic carbocycles. The second-order valence-corrected chi connectivity index (χ2v) is 6.44. The lowest BCUT2D eigenvalue weighted by Gasteiger charge is -2.42. The highest BCUT2D eigenvalue weighted by molar-refractivity contribution is 5.93. The number of likely N-dealkylation sites (N-methyl/N-ethyl adjacent to an activating group) is 1. The lowest BCUT2D eigenvalue weighted by molar-refractivity contribution is -0.139. The number of nitrogens with zero attached hydrogens (tertiary/aromatic N) is 1. The zero-order valence-corrected chi connectivity index (χ0v) is 14.2. The summed E-state index contributed by atoms with van der Waals surface area (Å²) in [5, 5.41) is 16.9. The SMILES string of the molecule is CCN(CC(=O)O)C1CC(NC(=O)Nc2ccc3ccccc3c2)C1. The molecule has 6 nitrogen and oxygen atoms in total. The van der Waals surface area contributed by atoms with Gasteiger partial charge < -0.3 is 15.7 Å². The van der Waals surface area contributed by atoms with E-state index >= 15 is 0 Å². The fourth-order valence-corrected chi connectivity index (χ4v) is 3.30. The number of anilines is 1. The Morgan fingerprint density at radius 2 is 1.88 bits per heavy atom. The van der Waals surface area contributed by atoms with Crippen molar-refractivity contribution >= 4 is 28.5 Å². The minimum absolute atomic E-state index is 0.0528. The Kier molecular flexibility index (Phi) is 5.19. The maximum Gasteiger partial charge on any atom is 0.319 e. The van der Waals surface area contributed by atoms with E-state index in [1.54, 1.807) is 0 Å². The molecule has 1 saturated carbocycles. The molecule has 2 amide bonds. The van der Waals surface area contributed by atoms with Crippen LogP contribution in [0.4, 0.5) is 10.5 Å². The van der Waals surface area contributed by atoms with E-state index in [1.807, 2.05) is 54.3 Å². The molecule has 0 bridgehead atoms. The van der Waals surface area contributed by atoms with Gasteiger partial charge >= 0.3 is 12.0 Å². The maximum atomic E-state index is 12.1. The highest BCUT2D eigenvalue weighted by Crippen LogP contribution is 2.26. The summed E-state index contributed by atoms with van der Waals surface area (Å²) in [4.78, 5) is 24.9. The molecule has 0 saturated heterocycles. The number of hydrogen-bond acceptors (Lipinski definition) is 3. The van der Waals surface area contributed by atoms with Crippen LogP contribution in [-0.4, -0.2) is 47.2 Å². The lowest BCUT2D eigenvalue weighted by Crippen LogP contribution is -2.55. The smallest absolute Gasteiger partial charge is 0.319 e. The Hall–Kier alpha value is -2.60. The van der Waals surface area contributed by atoms with Gasteiger partial charge in [0.2, 0.25) is 0 Å². The second-order valence-electron chi connectivity index (χ2n) is 6.44. The average molecular weight is 341 g/mol. The summed E-state index contributed by atoms with van der Waals surface area (Å²) in [7, 11) is 0. The molecule has 3 N–H and O–H groups in total. The standard InChI is InChI=1S/C19H23N3O3/c1-2-22(12-18(23)24)17-10-16(11-17)21-19(25)20-15-8-7-13-5-3-4-6-14(13)9-15/h3-9,16-17H,2,10-12H2,1H3,(H,23,24)(H2,20,21,25). The van der Waals surface area contributed by atoms with Crippen LogP contribution < -0.4 is 10.6 Å². The lowest BCUT2D eigenvalue weighted by atomic mass is 9.85. The van der Waals surface area contributed by atoms with E-state index in [9.17, 15) is 9.59 Å². The van der Waals surface area contributed by atoms with Crippen molar-refractivity contribution in [3.63, 3.8) is 0 Å². The van der Waals surface area contributed by atoms with Gasteiger partial charge in [-0.3, -0.25) is 9.69 Å². The Balaban J connectivity index is 1.49. The van der Waals surface area contributed by atoms with Crippen molar-refractivity contribution in [3.05, 3.63) is 42.5 Å². The van der Waals surface area contributed by atoms with Gasteiger partial charge in [0.05, 0.1) is 6.54 Å². The second kappa shape index (κ2) is 7.53. The molecule has 0 aromatic heterocycles. The van der Waals surface area contributed by atoms with Gasteiger partial charge in [-0.2, -0.15) is 0 Å². The van der Waals surface area contributed by atoms with E-state index in [-0.39, 0.29) is 24.7 Å². The van der Waals surface area contributed by atoms with Gasteiger partial charge in [-0.05, 0) is 42.3 Å². The van der Waals surface area contributed by atoms with E-state index in [0.717, 1.165) is 29.3 Å². The van der Waals surface area contributed by atoms with Gasteiger partial charge in [0.25, 0.3) is 0 Å². The number of carbonyl (C=O) groups excluding carboxylic acids is 1. The minimum atomic E-state index is -0.813. The van der Waals surface area contributed by atoms with Crippen LogP contribution in [0.2, 0.25) is 0 Å². The molecule has 1 fully saturated rings. The summed E-state index contributed by atoms with van der Waals surface area (Å²) in [6, 6.07) is 13.9. The molecule has 1 aliphatic carbocycles. The van der Waals surface area contributed by atoms with Gasteiger partial charge in [0.15, 0.2) is 0 Å². The summed E-state index contributed by atoms with van der Waals surface area (Å²) in [6.45, 7) is 2.71. The fourth-order valence-electron chi connectivity index (χ4n) is 3.30. The molecule has 0 radical (unpaired) electrons. The van der Waals surface area contributed by atoms with Gasteiger partial charge in [0, 0.05) is 17.8 Å². The number of carbonyl (C=O) groups is 2. The third kappa shape index (κ3) is 4.28. The summed E-state index contributed by atoms with van der Waals surface area (Å²) < 4.78 is 0. The molecule has 0 atom stereocenters. The van der Waals surface area contributed by atoms with Gasteiger partial charge in [-0.15, -0.1) is 0 Å². The van der Waals surface area contributed by atoms with Crippen LogP contribution in [0.3, 0.4) is 0 Å². The van der Waals surface area contributed by atoms with Crippen molar-refractivity contribution in [1.82, 2.24) is 10.2 Å². The van der Waals surface area contributed by atoms with E-state index < -0.39 is 5.97 Å². The molecular formula is C19H23N3O3. The zero-order chi connectivity index (χ0) is 17.8. The van der Waals surface area contributed by atoms with Gasteiger partial charge in [-0.1, -0.05) is 37.3 Å². The Morgan fingerprint density at radius 1 is 1.16 bits per heavy atom. The number of carboxylic acid groups (broad SMARTS) is 1. The quantitative estimate of drug-likeness (QED) is 0.754. The summed E-state index contributed by atoms with van der Waals surface area (Å²) >= 11 is 0. The molecule has 0 heterocycles. The molecule has 1 aliphatic rings. The van der Waals surface area contributed by atoms with Gasteiger partial charge in [-0.25, -0.2) is 4.79 Å². The van der Waals surface area contributed by atoms with E-state index in [0.29, 0.717) is 6.54 Å². The van der Waals surface area contributed by atoms with Crippen molar-refractivity contribution in [2.75, 3.05) is 18.4 Å². The highest BCUT2D eigenvalue weighted by Gasteiger charge is 2.34. The summed E-state index contributed by atoms with van der Waals surface area (Å²) in [5.41, 5.74) is 0.758. The predicted octanol–water partition coefficient (Wildman–Crippen LogP) is 2.90. The first-order chi connectivity index (χ1) is 12.0. The normalized spacial score (nSPS) is 19.4. The number of fused-ring (bicyclic) bond motifs is 1. The Bertz CT molecular complexity index is 771. The topological polar surface area (TPSA) is 81.7 Å². The monoisotopic (exact) mass is 341 g/mol. The third-order valence-corrected chi connectivity index (χ3v) is 4.72. The predicted molar refractivity (Wildman–Crippen MR) is 97.8 cm³/mol. The molecular weight excluding hydrogens is 318 g/mol. The number of benzene rings is 2. The van der Waals surface area contributed by atoms with Crippen molar-refractivity contribution < 1.29 is 14.7 Å². The van der Waals surface area contributed by atoms with Crippen LogP contribution in [0.5, 0.6) is 0 Å². The number of amides is 2. The number of carboxylic acids is 1. The van der Waals surface area contributed by atoms with E-state index in [4.69, 9.17) is 5.11 Å². The zero-order valence-electron chi connectivity index (χ0n) is 14.2. The average Bonchev–Trinajstić information content (AvgIpc) is 2.55. The number of nitrogens with one attached hydrogen (secondary N) is 2. The largest absolute Gasteiger partial charge is 0.480 e. The van der Waals surface area contributed by atoms with Crippen molar-refractivity contribution in [3.8, 4) is 0 Å². The third-order valence-electron chi connectivity index (χ3n) is 4.72. The van der Waals surface area contributed by atoms with Crippen LogP contribution in [0.25, 0.3) is 10.8 Å². The van der Waals surface area contributed by atoms with Crippen LogP contribution >= 0.6 is 0 Å². The van der Waals surface area contributed by atoms with Crippen molar-refractivity contribution in [1.29, 1.82) is 0 Å². The van der Waals surface area contributed by atoms with Crippen LogP contribution in [0, 0.1) is 0 Å². The molecule has 25 heavy (non-hydrogen) atoms. The first-order valence-electron chi connectivity index (χ1n) is 8.57. The van der Waals surface area contributed by atoms with Crippen molar-refractivity contribution in [2.24, 2.45) is 0 Å². The highest BCUT2D eigenvalue weighted by atomic mass is 16.4. The summed E-state index contributed by atoms with van der Waals surface area (Å²) in [5.74, 6) is -0.813. The fraction of sp³-hybridized carbons (Fsp3) is 0.368. The Labute approximate surface area is 146 Å². The molecule has 3 rings (SSSR count). The molecule has 132 valence electrons. The maximum absolute atomic E-state index is 12.1. The molecule has 0 spiro atoms. The van der Waals surface area contributed by atoms with Gasteiger partial charge in [0.1, 0.15) is 0 Å². The number of rotatable bonds is 6. The van der Waals surface area contributed by atoms with E-state index in [1.165, 1.54) is 0 Å². The minimum Gasteiger partial charge on any atom is -0.480 e. The molecule has 0 aliphatic heterocycles. The first-order valence-corrected chi connectivity index (χ1v) is 8.57. The molecule has 6 heteroatoms. The van der Waals surface area contributed by atoms with E-state index in [2.05, 4.69) is 10.6 Å².